The van der Waals surface area contributed by atoms with Gasteiger partial charge in [-0.2, -0.15) is 0 Å². The van der Waals surface area contributed by atoms with E-state index in [4.69, 9.17) is 5.73 Å². The molecular formula is C22H28N4O5. The lowest BCUT2D eigenvalue weighted by Gasteiger charge is -2.23. The third-order valence-electron chi connectivity index (χ3n) is 4.72. The first-order chi connectivity index (χ1) is 14.9. The number of urea groups is 1. The van der Waals surface area contributed by atoms with E-state index in [1.165, 1.54) is 19.2 Å². The molecule has 0 spiro atoms. The Kier molecular flexibility index (Phi) is 9.44. The second-order valence-corrected chi connectivity index (χ2v) is 7.13. The molecule has 0 aliphatic rings. The molecule has 9 nitrogen and oxygen atoms in total. The van der Waals surface area contributed by atoms with Crippen molar-refractivity contribution in [2.75, 3.05) is 13.7 Å². The molecule has 0 saturated carbocycles. The molecule has 0 unspecified atom stereocenters. The quantitative estimate of drug-likeness (QED) is 0.245. The highest BCUT2D eigenvalue weighted by Crippen LogP contribution is 2.16. The van der Waals surface area contributed by atoms with Gasteiger partial charge in [-0.15, -0.1) is 0 Å². The van der Waals surface area contributed by atoms with E-state index in [9.17, 15) is 19.7 Å². The smallest absolute Gasteiger partial charge is 0.322 e. The second kappa shape index (κ2) is 12.3. The molecule has 2 aromatic carbocycles. The van der Waals surface area contributed by atoms with Crippen LogP contribution in [0.1, 0.15) is 30.4 Å². The van der Waals surface area contributed by atoms with Gasteiger partial charge in [0.2, 0.25) is 0 Å². The number of hydrogen-bond donors (Lipinski definition) is 2. The number of benzene rings is 2. The Labute approximate surface area is 181 Å². The van der Waals surface area contributed by atoms with Crippen LogP contribution in [0.25, 0.3) is 0 Å². The number of nitro groups is 1. The minimum atomic E-state index is -0.663. The van der Waals surface area contributed by atoms with Crippen molar-refractivity contribution in [1.29, 1.82) is 0 Å². The number of unbranched alkanes of at least 4 members (excludes halogenated alkanes) is 1. The highest BCUT2D eigenvalue weighted by atomic mass is 16.6. The van der Waals surface area contributed by atoms with Crippen LogP contribution in [0.5, 0.6) is 0 Å². The van der Waals surface area contributed by atoms with Crippen LogP contribution >= 0.6 is 0 Å². The predicted molar refractivity (Wildman–Crippen MR) is 116 cm³/mol. The molecule has 0 aliphatic heterocycles. The Balaban J connectivity index is 1.96. The van der Waals surface area contributed by atoms with Crippen molar-refractivity contribution in [3.05, 3.63) is 75.8 Å². The Morgan fingerprint density at radius 1 is 1.10 bits per heavy atom. The summed E-state index contributed by atoms with van der Waals surface area (Å²) in [5, 5.41) is 13.9. The molecule has 0 radical (unpaired) electrons. The number of esters is 1. The lowest BCUT2D eigenvalue weighted by molar-refractivity contribution is -0.384. The van der Waals surface area contributed by atoms with Gasteiger partial charge >= 0.3 is 12.0 Å². The monoisotopic (exact) mass is 428 g/mol. The second-order valence-electron chi connectivity index (χ2n) is 7.13. The van der Waals surface area contributed by atoms with E-state index in [1.54, 1.807) is 17.0 Å². The lowest BCUT2D eigenvalue weighted by Crippen LogP contribution is -2.39. The molecule has 0 aromatic heterocycles. The number of ether oxygens (including phenoxy) is 1. The molecule has 0 heterocycles. The summed E-state index contributed by atoms with van der Waals surface area (Å²) in [6.07, 6.45) is 1.80. The fourth-order valence-electron chi connectivity index (χ4n) is 3.06. The van der Waals surface area contributed by atoms with E-state index < -0.39 is 16.9 Å². The average molecular weight is 428 g/mol. The van der Waals surface area contributed by atoms with E-state index in [0.717, 1.165) is 5.56 Å². The van der Waals surface area contributed by atoms with Gasteiger partial charge in [-0.3, -0.25) is 14.9 Å². The molecule has 0 bridgehead atoms. The van der Waals surface area contributed by atoms with Crippen molar-refractivity contribution >= 4 is 17.7 Å². The minimum Gasteiger partial charge on any atom is -0.468 e. The van der Waals surface area contributed by atoms with Crippen molar-refractivity contribution in [2.24, 2.45) is 5.73 Å². The first-order valence-corrected chi connectivity index (χ1v) is 10.0. The summed E-state index contributed by atoms with van der Waals surface area (Å²) in [4.78, 5) is 36.3. The third-order valence-corrected chi connectivity index (χ3v) is 4.72. The van der Waals surface area contributed by atoms with Crippen molar-refractivity contribution < 1.29 is 19.2 Å². The van der Waals surface area contributed by atoms with E-state index in [0.29, 0.717) is 37.9 Å². The molecule has 2 amide bonds. The topological polar surface area (TPSA) is 128 Å². The van der Waals surface area contributed by atoms with Gasteiger partial charge in [-0.05, 0) is 30.4 Å². The summed E-state index contributed by atoms with van der Waals surface area (Å²) in [6.45, 7) is 1.02. The number of nitrogens with zero attached hydrogens (tertiary/aromatic N) is 2. The number of nitrogens with one attached hydrogen (secondary N) is 1. The number of nitro benzene ring substituents is 1. The van der Waals surface area contributed by atoms with E-state index in [-0.39, 0.29) is 18.3 Å². The molecule has 31 heavy (non-hydrogen) atoms. The van der Waals surface area contributed by atoms with Crippen LogP contribution in [-0.4, -0.2) is 41.5 Å². The minimum absolute atomic E-state index is 0.0143. The number of rotatable bonds is 11. The Morgan fingerprint density at radius 3 is 2.45 bits per heavy atom. The molecule has 3 N–H and O–H groups in total. The number of hydrogen-bond acceptors (Lipinski definition) is 6. The largest absolute Gasteiger partial charge is 0.468 e. The SMILES string of the molecule is COC(=O)[C@@H](N)CCCCNC(=O)N(Cc1ccccc1)Cc1cccc([N+](=O)[O-])c1. The first-order valence-electron chi connectivity index (χ1n) is 10.0. The van der Waals surface area contributed by atoms with Crippen LogP contribution in [0, 0.1) is 10.1 Å². The first kappa shape index (κ1) is 23.8. The number of amides is 2. The summed E-state index contributed by atoms with van der Waals surface area (Å²) < 4.78 is 4.59. The summed E-state index contributed by atoms with van der Waals surface area (Å²) >= 11 is 0. The van der Waals surface area contributed by atoms with Gasteiger partial charge in [0.05, 0.1) is 12.0 Å². The van der Waals surface area contributed by atoms with Gasteiger partial charge in [0.15, 0.2) is 0 Å². The molecule has 0 aliphatic carbocycles. The number of carbonyl (C=O) groups excluding carboxylic acids is 2. The van der Waals surface area contributed by atoms with Crippen molar-refractivity contribution in [3.8, 4) is 0 Å². The molecule has 0 saturated heterocycles. The Hall–Kier alpha value is -3.46. The van der Waals surface area contributed by atoms with Crippen LogP contribution in [0.3, 0.4) is 0 Å². The zero-order valence-corrected chi connectivity index (χ0v) is 17.5. The molecule has 0 fully saturated rings. The maximum Gasteiger partial charge on any atom is 0.322 e. The third kappa shape index (κ3) is 8.06. The summed E-state index contributed by atoms with van der Waals surface area (Å²) in [5.41, 5.74) is 7.31. The van der Waals surface area contributed by atoms with Crippen molar-refractivity contribution in [1.82, 2.24) is 10.2 Å². The van der Waals surface area contributed by atoms with Gasteiger partial charge in [0.25, 0.3) is 5.69 Å². The average Bonchev–Trinajstić information content (AvgIpc) is 2.78. The molecule has 2 rings (SSSR count). The van der Waals surface area contributed by atoms with Crippen molar-refractivity contribution in [3.63, 3.8) is 0 Å². The lowest BCUT2D eigenvalue weighted by atomic mass is 10.1. The zero-order chi connectivity index (χ0) is 22.6. The van der Waals surface area contributed by atoms with Gasteiger partial charge in [-0.25, -0.2) is 4.79 Å². The molecule has 2 aromatic rings. The maximum atomic E-state index is 12.8. The standard InChI is InChI=1S/C22H28N4O5/c1-31-21(27)20(23)12-5-6-13-24-22(28)25(15-17-8-3-2-4-9-17)16-18-10-7-11-19(14-18)26(29)30/h2-4,7-11,14,20H,5-6,12-13,15-16,23H2,1H3,(H,24,28)/t20-/m0/s1. The van der Waals surface area contributed by atoms with Gasteiger partial charge < -0.3 is 20.7 Å². The van der Waals surface area contributed by atoms with E-state index in [1.807, 2.05) is 30.3 Å². The number of non-ortho nitro benzene ring substituents is 1. The summed E-state index contributed by atoms with van der Waals surface area (Å²) in [5.74, 6) is -0.449. The number of carbonyl (C=O) groups is 2. The summed E-state index contributed by atoms with van der Waals surface area (Å²) in [7, 11) is 1.30. The zero-order valence-electron chi connectivity index (χ0n) is 17.5. The fourth-order valence-corrected chi connectivity index (χ4v) is 3.06. The number of nitrogens with two attached hydrogens (primary N) is 1. The van der Waals surface area contributed by atoms with Crippen LogP contribution in [0.15, 0.2) is 54.6 Å². The highest BCUT2D eigenvalue weighted by molar-refractivity contribution is 5.75. The van der Waals surface area contributed by atoms with Crippen LogP contribution < -0.4 is 11.1 Å². The van der Waals surface area contributed by atoms with Crippen LogP contribution in [-0.2, 0) is 22.6 Å². The normalized spacial score (nSPS) is 11.4. The van der Waals surface area contributed by atoms with E-state index >= 15 is 0 Å². The molecule has 1 atom stereocenters. The highest BCUT2D eigenvalue weighted by Gasteiger charge is 2.17. The molecular weight excluding hydrogens is 400 g/mol. The Bertz CT molecular complexity index is 875. The summed E-state index contributed by atoms with van der Waals surface area (Å²) in [6, 6.07) is 14.8. The fraction of sp³-hybridized carbons (Fsp3) is 0.364. The van der Waals surface area contributed by atoms with Crippen LogP contribution in [0.4, 0.5) is 10.5 Å². The number of methoxy groups -OCH3 is 1. The van der Waals surface area contributed by atoms with Crippen LogP contribution in [0.2, 0.25) is 0 Å². The van der Waals surface area contributed by atoms with Crippen molar-refractivity contribution in [2.45, 2.75) is 38.4 Å². The Morgan fingerprint density at radius 2 is 1.77 bits per heavy atom. The van der Waals surface area contributed by atoms with Gasteiger partial charge in [0.1, 0.15) is 6.04 Å². The molecule has 9 heteroatoms. The van der Waals surface area contributed by atoms with Gasteiger partial charge in [0, 0.05) is 31.8 Å². The predicted octanol–water partition coefficient (Wildman–Crippen LogP) is 2.98. The maximum absolute atomic E-state index is 12.8. The van der Waals surface area contributed by atoms with E-state index in [2.05, 4.69) is 10.1 Å². The molecule has 166 valence electrons. The van der Waals surface area contributed by atoms with Gasteiger partial charge in [-0.1, -0.05) is 42.5 Å².